The van der Waals surface area contributed by atoms with Crippen LogP contribution in [-0.4, -0.2) is 37.7 Å². The highest BCUT2D eigenvalue weighted by Crippen LogP contribution is 2.41. The molecular formula is C18H30BrN3O3S. The molecule has 0 aromatic carbocycles. The fourth-order valence-corrected chi connectivity index (χ4v) is 4.94. The summed E-state index contributed by atoms with van der Waals surface area (Å²) >= 11 is 3.31. The second-order valence-electron chi connectivity index (χ2n) is 9.01. The van der Waals surface area contributed by atoms with Crippen molar-refractivity contribution in [2.45, 2.75) is 58.4 Å². The first-order valence-corrected chi connectivity index (χ1v) is 11.1. The maximum Gasteiger partial charge on any atom is 0.244 e. The summed E-state index contributed by atoms with van der Waals surface area (Å²) in [6.07, 6.45) is 3.55. The Hall–Kier alpha value is -0.700. The zero-order chi connectivity index (χ0) is 19.8. The largest absolute Gasteiger partial charge is 0.396 e. The molecule has 0 aliphatic heterocycles. The fraction of sp³-hybridized carbons (Fsp3) is 0.722. The van der Waals surface area contributed by atoms with Crippen LogP contribution in [0.3, 0.4) is 0 Å². The molecule has 1 aliphatic rings. The molecule has 6 nitrogen and oxygen atoms in total. The molecule has 1 atom stereocenters. The van der Waals surface area contributed by atoms with Crippen LogP contribution in [0.2, 0.25) is 0 Å². The van der Waals surface area contributed by atoms with Crippen LogP contribution in [0.5, 0.6) is 0 Å². The molecule has 1 fully saturated rings. The number of aromatic nitrogens is 1. The van der Waals surface area contributed by atoms with Crippen molar-refractivity contribution in [3.8, 4) is 0 Å². The van der Waals surface area contributed by atoms with Crippen LogP contribution in [0.1, 0.15) is 47.5 Å². The molecule has 3 N–H and O–H groups in total. The quantitative estimate of drug-likeness (QED) is 0.595. The van der Waals surface area contributed by atoms with Gasteiger partial charge in [-0.1, -0.05) is 34.6 Å². The zero-order valence-electron chi connectivity index (χ0n) is 16.1. The number of pyridine rings is 1. The van der Waals surface area contributed by atoms with Crippen LogP contribution >= 0.6 is 15.9 Å². The summed E-state index contributed by atoms with van der Waals surface area (Å²) in [4.78, 5) is 4.41. The van der Waals surface area contributed by atoms with Gasteiger partial charge in [-0.15, -0.1) is 0 Å². The van der Waals surface area contributed by atoms with Crippen LogP contribution in [0.4, 0.5) is 5.82 Å². The van der Waals surface area contributed by atoms with Crippen LogP contribution in [0, 0.1) is 16.7 Å². The van der Waals surface area contributed by atoms with E-state index in [1.807, 2.05) is 20.8 Å². The van der Waals surface area contributed by atoms with Gasteiger partial charge in [0, 0.05) is 35.8 Å². The van der Waals surface area contributed by atoms with Gasteiger partial charge in [0.2, 0.25) is 10.0 Å². The first-order chi connectivity index (χ1) is 11.8. The third-order valence-corrected chi connectivity index (χ3v) is 6.88. The van der Waals surface area contributed by atoms with E-state index in [4.69, 9.17) is 0 Å². The number of anilines is 1. The van der Waals surface area contributed by atoms with E-state index in [0.717, 1.165) is 12.8 Å². The number of hydrogen-bond donors (Lipinski definition) is 3. The summed E-state index contributed by atoms with van der Waals surface area (Å²) in [7, 11) is -3.75. The summed E-state index contributed by atoms with van der Waals surface area (Å²) in [5, 5.41) is 12.8. The number of aliphatic hydroxyl groups excluding tert-OH is 1. The normalized spacial score (nSPS) is 19.0. The molecule has 1 saturated carbocycles. The molecule has 1 aromatic rings. The zero-order valence-corrected chi connectivity index (χ0v) is 18.5. The first-order valence-electron chi connectivity index (χ1n) is 8.87. The molecule has 0 bridgehead atoms. The van der Waals surface area contributed by atoms with E-state index >= 15 is 0 Å². The highest BCUT2D eigenvalue weighted by atomic mass is 79.9. The number of aliphatic hydroxyl groups is 1. The molecule has 1 aromatic heterocycles. The second kappa shape index (κ2) is 7.73. The minimum atomic E-state index is -3.75. The molecule has 0 amide bonds. The van der Waals surface area contributed by atoms with Gasteiger partial charge in [-0.3, -0.25) is 0 Å². The monoisotopic (exact) mass is 447 g/mol. The molecule has 8 heteroatoms. The fourth-order valence-electron chi connectivity index (χ4n) is 3.24. The highest BCUT2D eigenvalue weighted by molar-refractivity contribution is 9.10. The summed E-state index contributed by atoms with van der Waals surface area (Å²) in [6.45, 7) is 10.4. The summed E-state index contributed by atoms with van der Waals surface area (Å²) < 4.78 is 29.0. The lowest BCUT2D eigenvalue weighted by molar-refractivity contribution is 0.134. The number of hydrogen-bond acceptors (Lipinski definition) is 5. The molecule has 26 heavy (non-hydrogen) atoms. The molecule has 2 rings (SSSR count). The van der Waals surface area contributed by atoms with Crippen LogP contribution < -0.4 is 10.0 Å². The minimum absolute atomic E-state index is 0.0784. The third-order valence-electron chi connectivity index (χ3n) is 5.01. The molecule has 0 saturated heterocycles. The van der Waals surface area contributed by atoms with E-state index in [9.17, 15) is 13.5 Å². The van der Waals surface area contributed by atoms with Crippen molar-refractivity contribution in [2.75, 3.05) is 18.5 Å². The third kappa shape index (κ3) is 5.41. The minimum Gasteiger partial charge on any atom is -0.396 e. The molecular weight excluding hydrogens is 418 g/mol. The number of nitrogens with one attached hydrogen (secondary N) is 2. The highest BCUT2D eigenvalue weighted by Gasteiger charge is 2.37. The van der Waals surface area contributed by atoms with Gasteiger partial charge in [-0.25, -0.2) is 18.1 Å². The van der Waals surface area contributed by atoms with Crippen molar-refractivity contribution in [1.29, 1.82) is 0 Å². The van der Waals surface area contributed by atoms with Gasteiger partial charge in [0.15, 0.2) is 0 Å². The Morgan fingerprint density at radius 2 is 2.00 bits per heavy atom. The maximum absolute atomic E-state index is 12.9. The lowest BCUT2D eigenvalue weighted by Gasteiger charge is -2.43. The molecule has 0 spiro atoms. The molecule has 1 unspecified atom stereocenters. The maximum atomic E-state index is 12.9. The number of rotatable bonds is 7. The second-order valence-corrected chi connectivity index (χ2v) is 11.7. The Labute approximate surface area is 165 Å². The van der Waals surface area contributed by atoms with E-state index in [2.05, 4.69) is 44.8 Å². The lowest BCUT2D eigenvalue weighted by atomic mass is 9.68. The van der Waals surface area contributed by atoms with Crippen molar-refractivity contribution in [2.24, 2.45) is 16.7 Å². The van der Waals surface area contributed by atoms with Gasteiger partial charge < -0.3 is 10.4 Å². The number of sulfonamides is 1. The van der Waals surface area contributed by atoms with Crippen molar-refractivity contribution in [3.63, 3.8) is 0 Å². The topological polar surface area (TPSA) is 91.3 Å². The number of nitrogens with zero attached hydrogens (tertiary/aromatic N) is 1. The molecule has 148 valence electrons. The van der Waals surface area contributed by atoms with Gasteiger partial charge in [0.25, 0.3) is 0 Å². The Bertz CT molecular complexity index is 737. The van der Waals surface area contributed by atoms with Crippen molar-refractivity contribution in [3.05, 3.63) is 16.7 Å². The van der Waals surface area contributed by atoms with E-state index in [-0.39, 0.29) is 40.8 Å². The van der Waals surface area contributed by atoms with Gasteiger partial charge >= 0.3 is 0 Å². The predicted octanol–water partition coefficient (Wildman–Crippen LogP) is 3.38. The van der Waals surface area contributed by atoms with Crippen LogP contribution in [0.15, 0.2) is 21.6 Å². The molecule has 1 aliphatic carbocycles. The summed E-state index contributed by atoms with van der Waals surface area (Å²) in [6, 6.07) is 1.79. The number of halogens is 1. The smallest absolute Gasteiger partial charge is 0.244 e. The average Bonchev–Trinajstić information content (AvgIpc) is 2.46. The summed E-state index contributed by atoms with van der Waals surface area (Å²) in [5.74, 6) is 0.193. The van der Waals surface area contributed by atoms with E-state index in [1.165, 1.54) is 0 Å². The van der Waals surface area contributed by atoms with E-state index in [1.54, 1.807) is 12.3 Å². The standard InChI is InChI=1S/C18H30BrN3O3S/c1-17(2,3)12(11-23)9-21-26(24,25)15-6-13(19)10-20-16(15)22-14-7-18(4,5)8-14/h6,10,12,14,21,23H,7-9,11H2,1-5H3,(H,20,22). The van der Waals surface area contributed by atoms with Crippen molar-refractivity contribution in [1.82, 2.24) is 9.71 Å². The van der Waals surface area contributed by atoms with Crippen LogP contribution in [-0.2, 0) is 10.0 Å². The van der Waals surface area contributed by atoms with Gasteiger partial charge in [-0.2, -0.15) is 0 Å². The molecule has 1 heterocycles. The Balaban J connectivity index is 2.18. The van der Waals surface area contributed by atoms with Crippen molar-refractivity contribution < 1.29 is 13.5 Å². The Morgan fingerprint density at radius 3 is 2.50 bits per heavy atom. The Morgan fingerprint density at radius 1 is 1.38 bits per heavy atom. The van der Waals surface area contributed by atoms with Gasteiger partial charge in [0.1, 0.15) is 10.7 Å². The average molecular weight is 448 g/mol. The van der Waals surface area contributed by atoms with Gasteiger partial charge in [-0.05, 0) is 45.7 Å². The SMILES string of the molecule is CC1(C)CC(Nc2ncc(Br)cc2S(=O)(=O)NCC(CO)C(C)(C)C)C1. The molecule has 0 radical (unpaired) electrons. The van der Waals surface area contributed by atoms with E-state index < -0.39 is 10.0 Å². The first kappa shape index (κ1) is 21.6. The van der Waals surface area contributed by atoms with Crippen LogP contribution in [0.25, 0.3) is 0 Å². The lowest BCUT2D eigenvalue weighted by Crippen LogP contribution is -2.42. The summed E-state index contributed by atoms with van der Waals surface area (Å²) in [5.41, 5.74) is 0.0801. The Kier molecular flexibility index (Phi) is 6.42. The van der Waals surface area contributed by atoms with E-state index in [0.29, 0.717) is 10.3 Å². The van der Waals surface area contributed by atoms with Crippen molar-refractivity contribution >= 4 is 31.8 Å². The predicted molar refractivity (Wildman–Crippen MR) is 108 cm³/mol. The van der Waals surface area contributed by atoms with Gasteiger partial charge in [0.05, 0.1) is 0 Å².